The van der Waals surface area contributed by atoms with Crippen LogP contribution in [-0.2, 0) is 4.79 Å². The van der Waals surface area contributed by atoms with Crippen LogP contribution < -0.4 is 5.32 Å². The molecule has 1 aliphatic carbocycles. The summed E-state index contributed by atoms with van der Waals surface area (Å²) in [4.78, 5) is 29.3. The quantitative estimate of drug-likeness (QED) is 0.798. The Morgan fingerprint density at radius 2 is 2.04 bits per heavy atom. The predicted octanol–water partition coefficient (Wildman–Crippen LogP) is 2.01. The maximum atomic E-state index is 12.3. The van der Waals surface area contributed by atoms with E-state index in [0.29, 0.717) is 12.4 Å². The lowest BCUT2D eigenvalue weighted by Crippen LogP contribution is -2.54. The van der Waals surface area contributed by atoms with Crippen LogP contribution in [0.4, 0.5) is 0 Å². The number of carbonyl (C=O) groups is 2. The van der Waals surface area contributed by atoms with E-state index in [0.717, 1.165) is 18.4 Å². The molecule has 2 N–H and O–H groups in total. The smallest absolute Gasteiger partial charge is 0.317 e. The first-order chi connectivity index (χ1) is 12.1. The van der Waals surface area contributed by atoms with E-state index >= 15 is 0 Å². The SMILES string of the molecule is CCN(CC(=O)O)C1CC(NC(=O)c2coc(-c3ccccc3)n2)C1. The first-order valence-electron chi connectivity index (χ1n) is 8.34. The van der Waals surface area contributed by atoms with Gasteiger partial charge < -0.3 is 14.8 Å². The number of hydrogen-bond donors (Lipinski definition) is 2. The van der Waals surface area contributed by atoms with Crippen molar-refractivity contribution in [3.05, 3.63) is 42.3 Å². The minimum atomic E-state index is -0.828. The second-order valence-electron chi connectivity index (χ2n) is 6.16. The van der Waals surface area contributed by atoms with Gasteiger partial charge in [0.1, 0.15) is 6.26 Å². The summed E-state index contributed by atoms with van der Waals surface area (Å²) in [6.07, 6.45) is 2.85. The number of benzene rings is 1. The van der Waals surface area contributed by atoms with Gasteiger partial charge in [-0.25, -0.2) is 4.98 Å². The van der Waals surface area contributed by atoms with Crippen LogP contribution >= 0.6 is 0 Å². The molecule has 0 spiro atoms. The van der Waals surface area contributed by atoms with Crippen LogP contribution in [0.25, 0.3) is 11.5 Å². The Hall–Kier alpha value is -2.67. The zero-order valence-corrected chi connectivity index (χ0v) is 14.0. The van der Waals surface area contributed by atoms with Crippen LogP contribution in [-0.4, -0.2) is 52.0 Å². The van der Waals surface area contributed by atoms with Gasteiger partial charge in [-0.1, -0.05) is 25.1 Å². The molecule has 0 bridgehead atoms. The molecule has 1 heterocycles. The molecule has 1 saturated carbocycles. The molecule has 0 atom stereocenters. The molecule has 25 heavy (non-hydrogen) atoms. The fourth-order valence-corrected chi connectivity index (χ4v) is 3.03. The molecule has 3 rings (SSSR count). The molecule has 2 aromatic rings. The van der Waals surface area contributed by atoms with Crippen molar-refractivity contribution in [2.75, 3.05) is 13.1 Å². The second kappa shape index (κ2) is 7.48. The molecule has 1 fully saturated rings. The number of oxazole rings is 1. The normalized spacial score (nSPS) is 19.4. The van der Waals surface area contributed by atoms with Gasteiger partial charge in [0.25, 0.3) is 5.91 Å². The number of hydrogen-bond acceptors (Lipinski definition) is 5. The Bertz CT molecular complexity index is 738. The molecule has 132 valence electrons. The van der Waals surface area contributed by atoms with Crippen molar-refractivity contribution in [1.82, 2.24) is 15.2 Å². The molecular weight excluding hydrogens is 322 g/mol. The zero-order valence-electron chi connectivity index (χ0n) is 14.0. The monoisotopic (exact) mass is 343 g/mol. The molecule has 1 aliphatic rings. The minimum Gasteiger partial charge on any atom is -0.480 e. The maximum absolute atomic E-state index is 12.3. The maximum Gasteiger partial charge on any atom is 0.317 e. The van der Waals surface area contributed by atoms with Crippen molar-refractivity contribution in [3.63, 3.8) is 0 Å². The van der Waals surface area contributed by atoms with Crippen LogP contribution in [0.3, 0.4) is 0 Å². The highest BCUT2D eigenvalue weighted by Gasteiger charge is 2.35. The van der Waals surface area contributed by atoms with E-state index in [4.69, 9.17) is 9.52 Å². The number of carboxylic acids is 1. The van der Waals surface area contributed by atoms with Gasteiger partial charge in [-0.05, 0) is 31.5 Å². The Kier molecular flexibility index (Phi) is 5.14. The van der Waals surface area contributed by atoms with Crippen molar-refractivity contribution < 1.29 is 19.1 Å². The van der Waals surface area contributed by atoms with E-state index in [-0.39, 0.29) is 30.2 Å². The zero-order chi connectivity index (χ0) is 17.8. The lowest BCUT2D eigenvalue weighted by atomic mass is 9.85. The van der Waals surface area contributed by atoms with E-state index in [1.54, 1.807) is 0 Å². The van der Waals surface area contributed by atoms with Gasteiger partial charge in [-0.15, -0.1) is 0 Å². The molecule has 1 aromatic heterocycles. The predicted molar refractivity (Wildman–Crippen MR) is 91.1 cm³/mol. The van der Waals surface area contributed by atoms with Gasteiger partial charge in [0.15, 0.2) is 5.69 Å². The molecule has 0 saturated heterocycles. The van der Waals surface area contributed by atoms with Crippen LogP contribution in [0.1, 0.15) is 30.3 Å². The van der Waals surface area contributed by atoms with Crippen molar-refractivity contribution in [1.29, 1.82) is 0 Å². The molecule has 1 amide bonds. The first kappa shape index (κ1) is 17.2. The Morgan fingerprint density at radius 1 is 1.32 bits per heavy atom. The Labute approximate surface area is 145 Å². The number of rotatable bonds is 7. The summed E-state index contributed by atoms with van der Waals surface area (Å²) in [5.41, 5.74) is 1.07. The number of carbonyl (C=O) groups excluding carboxylic acids is 1. The molecular formula is C18H21N3O4. The third-order valence-electron chi connectivity index (χ3n) is 4.47. The first-order valence-corrected chi connectivity index (χ1v) is 8.34. The van der Waals surface area contributed by atoms with E-state index in [1.807, 2.05) is 42.2 Å². The number of amides is 1. The molecule has 7 nitrogen and oxygen atoms in total. The van der Waals surface area contributed by atoms with Gasteiger partial charge in [-0.3, -0.25) is 14.5 Å². The van der Waals surface area contributed by atoms with Crippen LogP contribution in [0, 0.1) is 0 Å². The van der Waals surface area contributed by atoms with Crippen molar-refractivity contribution in [3.8, 4) is 11.5 Å². The van der Waals surface area contributed by atoms with Gasteiger partial charge >= 0.3 is 5.97 Å². The molecule has 0 aliphatic heterocycles. The summed E-state index contributed by atoms with van der Waals surface area (Å²) in [6.45, 7) is 2.66. The van der Waals surface area contributed by atoms with E-state index in [1.165, 1.54) is 6.26 Å². The highest BCUT2D eigenvalue weighted by atomic mass is 16.4. The summed E-state index contributed by atoms with van der Waals surface area (Å²) in [6, 6.07) is 9.63. The summed E-state index contributed by atoms with van der Waals surface area (Å²) in [7, 11) is 0. The topological polar surface area (TPSA) is 95.7 Å². The van der Waals surface area contributed by atoms with Crippen molar-refractivity contribution in [2.24, 2.45) is 0 Å². The highest BCUT2D eigenvalue weighted by Crippen LogP contribution is 2.26. The average Bonchev–Trinajstić information content (AvgIpc) is 3.06. The van der Waals surface area contributed by atoms with Crippen LogP contribution in [0.15, 0.2) is 41.0 Å². The molecule has 1 aromatic carbocycles. The van der Waals surface area contributed by atoms with Crippen LogP contribution in [0.2, 0.25) is 0 Å². The lowest BCUT2D eigenvalue weighted by Gasteiger charge is -2.42. The number of aliphatic carboxylic acids is 1. The van der Waals surface area contributed by atoms with E-state index in [9.17, 15) is 9.59 Å². The third kappa shape index (κ3) is 4.06. The standard InChI is InChI=1S/C18H21N3O4/c1-2-21(10-16(22)23)14-8-13(9-14)19-17(24)15-11-25-18(20-15)12-6-4-3-5-7-12/h3-7,11,13-14H,2,8-10H2,1H3,(H,19,24)(H,22,23). The van der Waals surface area contributed by atoms with Crippen LogP contribution in [0.5, 0.6) is 0 Å². The number of carboxylic acid groups (broad SMARTS) is 1. The van der Waals surface area contributed by atoms with Gasteiger partial charge in [0, 0.05) is 17.6 Å². The van der Waals surface area contributed by atoms with Crippen molar-refractivity contribution in [2.45, 2.75) is 31.8 Å². The Morgan fingerprint density at radius 3 is 2.68 bits per heavy atom. The highest BCUT2D eigenvalue weighted by molar-refractivity contribution is 5.92. The third-order valence-corrected chi connectivity index (χ3v) is 4.47. The number of nitrogens with zero attached hydrogens (tertiary/aromatic N) is 2. The van der Waals surface area contributed by atoms with Crippen molar-refractivity contribution >= 4 is 11.9 Å². The second-order valence-corrected chi connectivity index (χ2v) is 6.16. The lowest BCUT2D eigenvalue weighted by molar-refractivity contribution is -0.139. The fourth-order valence-electron chi connectivity index (χ4n) is 3.03. The summed E-state index contributed by atoms with van der Waals surface area (Å²) in [5.74, 6) is -0.683. The van der Waals surface area contributed by atoms with Gasteiger partial charge in [-0.2, -0.15) is 0 Å². The summed E-state index contributed by atoms with van der Waals surface area (Å²) < 4.78 is 5.38. The van der Waals surface area contributed by atoms with Gasteiger partial charge in [0.2, 0.25) is 5.89 Å². The molecule has 0 unspecified atom stereocenters. The summed E-state index contributed by atoms with van der Waals surface area (Å²) >= 11 is 0. The molecule has 7 heteroatoms. The largest absolute Gasteiger partial charge is 0.480 e. The molecule has 0 radical (unpaired) electrons. The van der Waals surface area contributed by atoms with Gasteiger partial charge in [0.05, 0.1) is 6.54 Å². The average molecular weight is 343 g/mol. The fraction of sp³-hybridized carbons (Fsp3) is 0.389. The minimum absolute atomic E-state index is 0.0333. The van der Waals surface area contributed by atoms with E-state index in [2.05, 4.69) is 10.3 Å². The Balaban J connectivity index is 1.53. The van der Waals surface area contributed by atoms with E-state index < -0.39 is 5.97 Å². The summed E-state index contributed by atoms with van der Waals surface area (Å²) in [5, 5.41) is 11.8. The number of likely N-dealkylation sites (N-methyl/N-ethyl adjacent to an activating group) is 1. The number of nitrogens with one attached hydrogen (secondary N) is 1. The number of aromatic nitrogens is 1.